The average molecular weight is 278 g/mol. The Morgan fingerprint density at radius 2 is 1.90 bits per heavy atom. The number of rotatable bonds is 4. The Balaban J connectivity index is 2.49. The maximum Gasteiger partial charge on any atom is 0.164 e. The molecule has 0 heterocycles. The summed E-state index contributed by atoms with van der Waals surface area (Å²) in [6, 6.07) is 9.42. The van der Waals surface area contributed by atoms with Crippen LogP contribution in [-0.2, 0) is 0 Å². The van der Waals surface area contributed by atoms with E-state index in [9.17, 15) is 8.78 Å². The van der Waals surface area contributed by atoms with E-state index in [1.165, 1.54) is 26.2 Å². The van der Waals surface area contributed by atoms with Gasteiger partial charge in [0.05, 0.1) is 13.2 Å². The van der Waals surface area contributed by atoms with E-state index in [4.69, 9.17) is 10.6 Å². The number of hydrogen-bond donors (Lipinski definition) is 2. The van der Waals surface area contributed by atoms with Gasteiger partial charge in [0.2, 0.25) is 0 Å². The van der Waals surface area contributed by atoms with Crippen molar-refractivity contribution in [3.05, 3.63) is 64.7 Å². The number of halogens is 2. The highest BCUT2D eigenvalue weighted by atomic mass is 19.2. The summed E-state index contributed by atoms with van der Waals surface area (Å²) in [6.07, 6.45) is 0. The largest absolute Gasteiger partial charge is 0.497 e. The summed E-state index contributed by atoms with van der Waals surface area (Å²) >= 11 is 0. The van der Waals surface area contributed by atoms with Gasteiger partial charge in [-0.05, 0) is 30.2 Å². The van der Waals surface area contributed by atoms with Crippen molar-refractivity contribution in [1.29, 1.82) is 0 Å². The summed E-state index contributed by atoms with van der Waals surface area (Å²) in [4.78, 5) is 0. The zero-order valence-electron chi connectivity index (χ0n) is 11.3. The van der Waals surface area contributed by atoms with E-state index in [1.54, 1.807) is 24.3 Å². The monoisotopic (exact) mass is 278 g/mol. The molecule has 0 aromatic heterocycles. The first-order valence-electron chi connectivity index (χ1n) is 6.13. The van der Waals surface area contributed by atoms with Crippen LogP contribution in [0.25, 0.3) is 0 Å². The Morgan fingerprint density at radius 3 is 2.55 bits per heavy atom. The molecule has 2 aromatic rings. The van der Waals surface area contributed by atoms with Crippen molar-refractivity contribution in [3.63, 3.8) is 0 Å². The van der Waals surface area contributed by atoms with E-state index in [0.717, 1.165) is 0 Å². The number of nitrogens with two attached hydrogens (primary N) is 1. The van der Waals surface area contributed by atoms with E-state index in [2.05, 4.69) is 5.43 Å². The molecule has 0 amide bonds. The van der Waals surface area contributed by atoms with Crippen molar-refractivity contribution in [1.82, 2.24) is 5.43 Å². The summed E-state index contributed by atoms with van der Waals surface area (Å²) < 4.78 is 32.9. The third kappa shape index (κ3) is 2.64. The fraction of sp³-hybridized carbons (Fsp3) is 0.200. The first-order valence-corrected chi connectivity index (χ1v) is 6.13. The van der Waals surface area contributed by atoms with Crippen LogP contribution in [0.5, 0.6) is 5.75 Å². The molecule has 3 nitrogen and oxygen atoms in total. The average Bonchev–Trinajstić information content (AvgIpc) is 2.48. The van der Waals surface area contributed by atoms with Crippen LogP contribution in [0.2, 0.25) is 0 Å². The van der Waals surface area contributed by atoms with Crippen molar-refractivity contribution in [2.24, 2.45) is 5.84 Å². The van der Waals surface area contributed by atoms with Crippen LogP contribution in [0.15, 0.2) is 36.4 Å². The van der Waals surface area contributed by atoms with Gasteiger partial charge < -0.3 is 4.74 Å². The lowest BCUT2D eigenvalue weighted by atomic mass is 9.97. The molecular weight excluding hydrogens is 262 g/mol. The van der Waals surface area contributed by atoms with Crippen LogP contribution in [0.4, 0.5) is 8.78 Å². The second-order valence-corrected chi connectivity index (χ2v) is 4.48. The predicted octanol–water partition coefficient (Wildman–Crippen LogP) is 2.83. The Labute approximate surface area is 116 Å². The molecule has 0 aliphatic carbocycles. The second kappa shape index (κ2) is 5.98. The number of aryl methyl sites for hydroxylation is 1. The Bertz CT molecular complexity index is 617. The molecule has 0 aliphatic heterocycles. The van der Waals surface area contributed by atoms with E-state index in [-0.39, 0.29) is 11.1 Å². The van der Waals surface area contributed by atoms with Gasteiger partial charge in [-0.1, -0.05) is 24.3 Å². The SMILES string of the molecule is COc1cccc(C(NN)c2ccc(C)c(F)c2F)c1. The molecule has 20 heavy (non-hydrogen) atoms. The van der Waals surface area contributed by atoms with Crippen LogP contribution >= 0.6 is 0 Å². The van der Waals surface area contributed by atoms with Gasteiger partial charge in [-0.25, -0.2) is 14.2 Å². The quantitative estimate of drug-likeness (QED) is 0.668. The summed E-state index contributed by atoms with van der Waals surface area (Å²) in [5.74, 6) is 4.38. The van der Waals surface area contributed by atoms with Crippen LogP contribution < -0.4 is 16.0 Å². The maximum absolute atomic E-state index is 14.1. The predicted molar refractivity (Wildman–Crippen MR) is 73.3 cm³/mol. The van der Waals surface area contributed by atoms with Crippen molar-refractivity contribution >= 4 is 0 Å². The molecule has 0 saturated heterocycles. The molecule has 5 heteroatoms. The lowest BCUT2D eigenvalue weighted by molar-refractivity contribution is 0.413. The third-order valence-corrected chi connectivity index (χ3v) is 3.21. The van der Waals surface area contributed by atoms with Gasteiger partial charge in [-0.15, -0.1) is 0 Å². The van der Waals surface area contributed by atoms with E-state index in [0.29, 0.717) is 11.3 Å². The number of hydrazine groups is 1. The molecule has 3 N–H and O–H groups in total. The second-order valence-electron chi connectivity index (χ2n) is 4.48. The first-order chi connectivity index (χ1) is 9.58. The Morgan fingerprint density at radius 1 is 1.15 bits per heavy atom. The van der Waals surface area contributed by atoms with Crippen LogP contribution in [0.3, 0.4) is 0 Å². The maximum atomic E-state index is 14.1. The number of hydrogen-bond acceptors (Lipinski definition) is 3. The molecule has 2 aromatic carbocycles. The molecule has 1 atom stereocenters. The topological polar surface area (TPSA) is 47.3 Å². The minimum absolute atomic E-state index is 0.156. The van der Waals surface area contributed by atoms with Gasteiger partial charge in [-0.3, -0.25) is 5.84 Å². The zero-order valence-corrected chi connectivity index (χ0v) is 11.3. The number of benzene rings is 2. The molecule has 0 saturated carbocycles. The first kappa shape index (κ1) is 14.4. The van der Waals surface area contributed by atoms with Gasteiger partial charge in [0.15, 0.2) is 11.6 Å². The van der Waals surface area contributed by atoms with Crippen LogP contribution in [-0.4, -0.2) is 7.11 Å². The van der Waals surface area contributed by atoms with Crippen molar-refractivity contribution in [3.8, 4) is 5.75 Å². The van der Waals surface area contributed by atoms with Crippen molar-refractivity contribution in [2.75, 3.05) is 7.11 Å². The third-order valence-electron chi connectivity index (χ3n) is 3.21. The molecule has 0 aliphatic rings. The highest BCUT2D eigenvalue weighted by molar-refractivity contribution is 5.38. The lowest BCUT2D eigenvalue weighted by Gasteiger charge is -2.19. The van der Waals surface area contributed by atoms with Crippen molar-refractivity contribution in [2.45, 2.75) is 13.0 Å². The van der Waals surface area contributed by atoms with Crippen LogP contribution in [0.1, 0.15) is 22.7 Å². The van der Waals surface area contributed by atoms with Gasteiger partial charge >= 0.3 is 0 Å². The van der Waals surface area contributed by atoms with E-state index >= 15 is 0 Å². The van der Waals surface area contributed by atoms with Gasteiger partial charge in [0, 0.05) is 5.56 Å². The number of nitrogens with one attached hydrogen (secondary N) is 1. The van der Waals surface area contributed by atoms with E-state index < -0.39 is 17.7 Å². The summed E-state index contributed by atoms with van der Waals surface area (Å²) in [5, 5.41) is 0. The van der Waals surface area contributed by atoms with Gasteiger partial charge in [0.25, 0.3) is 0 Å². The molecule has 0 fully saturated rings. The minimum Gasteiger partial charge on any atom is -0.497 e. The minimum atomic E-state index is -0.893. The van der Waals surface area contributed by atoms with E-state index in [1.807, 2.05) is 0 Å². The molecule has 0 spiro atoms. The molecule has 0 bridgehead atoms. The van der Waals surface area contributed by atoms with Crippen molar-refractivity contribution < 1.29 is 13.5 Å². The smallest absolute Gasteiger partial charge is 0.164 e. The highest BCUT2D eigenvalue weighted by Gasteiger charge is 2.20. The van der Waals surface area contributed by atoms with Crippen LogP contribution in [0, 0.1) is 18.6 Å². The zero-order chi connectivity index (χ0) is 14.7. The van der Waals surface area contributed by atoms with Gasteiger partial charge in [-0.2, -0.15) is 0 Å². The highest BCUT2D eigenvalue weighted by Crippen LogP contribution is 2.28. The normalized spacial score (nSPS) is 12.2. The molecule has 1 unspecified atom stereocenters. The number of methoxy groups -OCH3 is 1. The standard InChI is InChI=1S/C15H16F2N2O/c1-9-6-7-12(14(17)13(9)16)15(19-18)10-4-3-5-11(8-10)20-2/h3-8,15,19H,18H2,1-2H3. The summed E-state index contributed by atoms with van der Waals surface area (Å²) in [7, 11) is 1.54. The molecular formula is C15H16F2N2O. The molecule has 106 valence electrons. The molecule has 2 rings (SSSR count). The Kier molecular flexibility index (Phi) is 4.32. The molecule has 0 radical (unpaired) electrons. The summed E-state index contributed by atoms with van der Waals surface area (Å²) in [5.41, 5.74) is 3.61. The summed E-state index contributed by atoms with van der Waals surface area (Å²) in [6.45, 7) is 1.51. The fourth-order valence-electron chi connectivity index (χ4n) is 2.07. The Hall–Kier alpha value is -1.98. The number of ether oxygens (including phenoxy) is 1. The lowest BCUT2D eigenvalue weighted by Crippen LogP contribution is -2.29. The fourth-order valence-corrected chi connectivity index (χ4v) is 2.07. The van der Waals surface area contributed by atoms with Gasteiger partial charge in [0.1, 0.15) is 5.75 Å².